The normalized spacial score (nSPS) is 12.8. The lowest BCUT2D eigenvalue weighted by atomic mass is 10.1. The number of azo groups is 2. The van der Waals surface area contributed by atoms with Crippen LogP contribution in [0.4, 0.5) is 28.4 Å². The Labute approximate surface area is 230 Å². The van der Waals surface area contributed by atoms with Crippen molar-refractivity contribution in [1.82, 2.24) is 0 Å². The number of anilines is 1. The number of carbonyl (C=O) groups is 1. The maximum Gasteiger partial charge on any atom is 0.294 e. The van der Waals surface area contributed by atoms with Gasteiger partial charge < -0.3 is 10.1 Å². The van der Waals surface area contributed by atoms with Crippen LogP contribution in [-0.4, -0.2) is 37.8 Å². The lowest BCUT2D eigenvalue weighted by Gasteiger charge is -2.20. The Balaban J connectivity index is 1.69. The Hall–Kier alpha value is -4.37. The van der Waals surface area contributed by atoms with Crippen LogP contribution >= 0.6 is 0 Å². The Morgan fingerprint density at radius 2 is 1.12 bits per heavy atom. The van der Waals surface area contributed by atoms with E-state index < -0.39 is 25.8 Å². The van der Waals surface area contributed by atoms with Crippen LogP contribution in [0.15, 0.2) is 109 Å². The molecule has 3 N–H and O–H groups in total. The molecule has 4 aromatic rings. The molecule has 0 atom stereocenters. The minimum atomic E-state index is -4.52. The third-order valence-corrected chi connectivity index (χ3v) is 7.27. The average molecular weight is 582 g/mol. The Morgan fingerprint density at radius 1 is 0.650 bits per heavy atom. The molecule has 4 aromatic carbocycles. The second-order valence-corrected chi connectivity index (χ2v) is 12.0. The highest BCUT2D eigenvalue weighted by molar-refractivity contribution is 7.86. The molecule has 12 nitrogen and oxygen atoms in total. The SMILES string of the molecule is CC(C)(C=O)Nc1ccc(N=Nc2ccc(N=Nc3ccc(S(=O)(=O)O)cc3)c3cc(S(=O)(=O)O)ccc23)cc1. The molecule has 0 aromatic heterocycles. The number of rotatable bonds is 9. The topological polar surface area (TPSA) is 187 Å². The van der Waals surface area contributed by atoms with Gasteiger partial charge >= 0.3 is 0 Å². The molecule has 0 bridgehead atoms. The molecule has 0 unspecified atom stereocenters. The van der Waals surface area contributed by atoms with E-state index in [9.17, 15) is 26.2 Å². The van der Waals surface area contributed by atoms with Crippen molar-refractivity contribution in [3.05, 3.63) is 78.9 Å². The van der Waals surface area contributed by atoms with E-state index in [2.05, 4.69) is 25.8 Å². The summed E-state index contributed by atoms with van der Waals surface area (Å²) < 4.78 is 64.7. The second-order valence-electron chi connectivity index (χ2n) is 9.17. The smallest absolute Gasteiger partial charge is 0.294 e. The van der Waals surface area contributed by atoms with Crippen molar-refractivity contribution >= 4 is 65.7 Å². The Kier molecular flexibility index (Phi) is 7.88. The van der Waals surface area contributed by atoms with E-state index in [-0.39, 0.29) is 21.2 Å². The van der Waals surface area contributed by atoms with Crippen LogP contribution in [0.25, 0.3) is 10.8 Å². The maximum absolute atomic E-state index is 11.8. The fourth-order valence-corrected chi connectivity index (χ4v) is 4.54. The van der Waals surface area contributed by atoms with Crippen LogP contribution in [0.2, 0.25) is 0 Å². The summed E-state index contributed by atoms with van der Waals surface area (Å²) in [4.78, 5) is 10.5. The number of nitrogens with one attached hydrogen (secondary N) is 1. The maximum atomic E-state index is 11.8. The van der Waals surface area contributed by atoms with Crippen molar-refractivity contribution in [1.29, 1.82) is 0 Å². The molecule has 0 aliphatic carbocycles. The molecule has 0 fully saturated rings. The van der Waals surface area contributed by atoms with Crippen molar-refractivity contribution < 1.29 is 30.7 Å². The molecule has 40 heavy (non-hydrogen) atoms. The molecule has 4 rings (SSSR count). The van der Waals surface area contributed by atoms with Gasteiger partial charge in [0.25, 0.3) is 20.2 Å². The molecular formula is C26H23N5O7S2. The van der Waals surface area contributed by atoms with Crippen LogP contribution in [0.1, 0.15) is 13.8 Å². The number of benzene rings is 4. The number of carbonyl (C=O) groups excluding carboxylic acids is 1. The van der Waals surface area contributed by atoms with Crippen LogP contribution < -0.4 is 5.32 Å². The third-order valence-electron chi connectivity index (χ3n) is 5.55. The van der Waals surface area contributed by atoms with Gasteiger partial charge in [0.1, 0.15) is 6.29 Å². The van der Waals surface area contributed by atoms with Crippen LogP contribution in [0.5, 0.6) is 0 Å². The first kappa shape index (κ1) is 28.6. The highest BCUT2D eigenvalue weighted by Crippen LogP contribution is 2.37. The van der Waals surface area contributed by atoms with E-state index in [1.807, 2.05) is 0 Å². The molecule has 206 valence electrons. The highest BCUT2D eigenvalue weighted by atomic mass is 32.2. The monoisotopic (exact) mass is 581 g/mol. The molecule has 0 radical (unpaired) electrons. The van der Waals surface area contributed by atoms with Gasteiger partial charge in [-0.3, -0.25) is 9.11 Å². The standard InChI is InChI=1S/C26H23N5O7S2/c1-26(2,16-32)27-17-3-5-18(6-4-17)28-30-24-13-14-25(23-15-21(40(36,37)38)11-12-22(23)24)31-29-19-7-9-20(10-8-19)39(33,34)35/h3-16,27H,1-2H3,(H,33,34,35)(H,36,37,38). The van der Waals surface area contributed by atoms with Gasteiger partial charge in [-0.25, -0.2) is 0 Å². The van der Waals surface area contributed by atoms with E-state index in [1.165, 1.54) is 36.4 Å². The highest BCUT2D eigenvalue weighted by Gasteiger charge is 2.16. The van der Waals surface area contributed by atoms with Gasteiger partial charge in [0, 0.05) is 16.5 Å². The van der Waals surface area contributed by atoms with E-state index in [0.29, 0.717) is 22.1 Å². The fourth-order valence-electron chi connectivity index (χ4n) is 3.55. The summed E-state index contributed by atoms with van der Waals surface area (Å²) >= 11 is 0. The number of hydrogen-bond acceptors (Lipinski definition) is 10. The van der Waals surface area contributed by atoms with Gasteiger partial charge in [-0.15, -0.1) is 10.2 Å². The average Bonchev–Trinajstić information content (AvgIpc) is 2.90. The van der Waals surface area contributed by atoms with Gasteiger partial charge in [0.2, 0.25) is 0 Å². The molecule has 14 heteroatoms. The Morgan fingerprint density at radius 3 is 1.62 bits per heavy atom. The van der Waals surface area contributed by atoms with Gasteiger partial charge in [0.15, 0.2) is 0 Å². The minimum Gasteiger partial charge on any atom is -0.373 e. The van der Waals surface area contributed by atoms with Crippen molar-refractivity contribution in [3.8, 4) is 0 Å². The molecule has 0 heterocycles. The van der Waals surface area contributed by atoms with E-state index in [4.69, 9.17) is 4.55 Å². The van der Waals surface area contributed by atoms with Crippen LogP contribution in [0, 0.1) is 0 Å². The van der Waals surface area contributed by atoms with E-state index in [1.54, 1.807) is 44.2 Å². The second kappa shape index (κ2) is 11.0. The molecule has 0 amide bonds. The summed E-state index contributed by atoms with van der Waals surface area (Å²) in [6.07, 6.45) is 0.807. The quantitative estimate of drug-likeness (QED) is 0.113. The molecule has 0 saturated heterocycles. The molecule has 0 aliphatic rings. The number of fused-ring (bicyclic) bond motifs is 1. The zero-order chi connectivity index (χ0) is 29.1. The lowest BCUT2D eigenvalue weighted by molar-refractivity contribution is -0.110. The first-order valence-electron chi connectivity index (χ1n) is 11.6. The summed E-state index contributed by atoms with van der Waals surface area (Å²) in [5, 5.41) is 20.6. The summed E-state index contributed by atoms with van der Waals surface area (Å²) in [6.45, 7) is 3.49. The molecular weight excluding hydrogens is 558 g/mol. The van der Waals surface area contributed by atoms with E-state index in [0.717, 1.165) is 24.1 Å². The van der Waals surface area contributed by atoms with Crippen molar-refractivity contribution in [2.75, 3.05) is 5.32 Å². The first-order chi connectivity index (χ1) is 18.7. The number of hydrogen-bond donors (Lipinski definition) is 3. The van der Waals surface area contributed by atoms with Crippen molar-refractivity contribution in [3.63, 3.8) is 0 Å². The van der Waals surface area contributed by atoms with Gasteiger partial charge in [-0.1, -0.05) is 6.07 Å². The summed E-state index contributed by atoms with van der Waals surface area (Å²) in [6, 6.07) is 19.0. The zero-order valence-corrected chi connectivity index (χ0v) is 22.8. The molecule has 0 saturated carbocycles. The third kappa shape index (κ3) is 6.98. The Bertz CT molecular complexity index is 1850. The van der Waals surface area contributed by atoms with Crippen LogP contribution in [0.3, 0.4) is 0 Å². The first-order valence-corrected chi connectivity index (χ1v) is 14.4. The summed E-state index contributed by atoms with van der Waals surface area (Å²) in [5.74, 6) is 0. The minimum absolute atomic E-state index is 0.242. The van der Waals surface area contributed by atoms with Crippen molar-refractivity contribution in [2.24, 2.45) is 20.5 Å². The lowest BCUT2D eigenvalue weighted by Crippen LogP contribution is -2.32. The molecule has 0 spiro atoms. The zero-order valence-electron chi connectivity index (χ0n) is 21.1. The summed E-state index contributed by atoms with van der Waals surface area (Å²) in [5.41, 5.74) is 1.41. The van der Waals surface area contributed by atoms with Gasteiger partial charge in [0.05, 0.1) is 38.1 Å². The largest absolute Gasteiger partial charge is 0.373 e. The van der Waals surface area contributed by atoms with Gasteiger partial charge in [-0.2, -0.15) is 27.1 Å². The van der Waals surface area contributed by atoms with Crippen molar-refractivity contribution in [2.45, 2.75) is 29.2 Å². The van der Waals surface area contributed by atoms with Crippen LogP contribution in [-0.2, 0) is 25.0 Å². The van der Waals surface area contributed by atoms with E-state index >= 15 is 0 Å². The van der Waals surface area contributed by atoms with Gasteiger partial charge in [-0.05, 0) is 86.6 Å². The predicted molar refractivity (Wildman–Crippen MR) is 149 cm³/mol. The number of nitrogens with zero attached hydrogens (tertiary/aromatic N) is 4. The predicted octanol–water partition coefficient (Wildman–Crippen LogP) is 6.55. The number of aldehydes is 1. The molecule has 0 aliphatic heterocycles. The fraction of sp³-hybridized carbons (Fsp3) is 0.115. The summed E-state index contributed by atoms with van der Waals surface area (Å²) in [7, 11) is -8.88.